The highest BCUT2D eigenvalue weighted by Gasteiger charge is 2.26. The van der Waals surface area contributed by atoms with Gasteiger partial charge in [0.25, 0.3) is 0 Å². The lowest BCUT2D eigenvalue weighted by molar-refractivity contribution is -0.114. The SMILES string of the molecule is CC(=O)Nc1cc(-c2cnn3cc(-c4ccc(N5[C@H](C)CCC[C@@H]5C)cc4)cnc23)c2ccccc2c1.C[C@@H]1CCC[C@H](C)N1c1ccc(-c2cnc3c(-c4cc(N)cc5ccccc45)cnn3c2)cc1. The smallest absolute Gasteiger partial charge is 0.221 e. The Kier molecular flexibility index (Phi) is 12.2. The molecule has 6 aromatic carbocycles. The van der Waals surface area contributed by atoms with E-state index in [1.165, 1.54) is 56.8 Å². The predicted molar refractivity (Wildman–Crippen MR) is 292 cm³/mol. The summed E-state index contributed by atoms with van der Waals surface area (Å²) in [6, 6.07) is 44.4. The first-order valence-corrected chi connectivity index (χ1v) is 25.1. The van der Waals surface area contributed by atoms with Crippen molar-refractivity contribution < 1.29 is 4.79 Å². The molecule has 4 aromatic heterocycles. The first kappa shape index (κ1) is 45.4. The van der Waals surface area contributed by atoms with Gasteiger partial charge in [0.05, 0.1) is 12.4 Å². The summed E-state index contributed by atoms with van der Waals surface area (Å²) in [5.41, 5.74) is 20.2. The first-order chi connectivity index (χ1) is 34.6. The van der Waals surface area contributed by atoms with Gasteiger partial charge in [0.1, 0.15) is 0 Å². The van der Waals surface area contributed by atoms with Crippen molar-refractivity contribution >= 4 is 61.5 Å². The number of hydrogen-bond acceptors (Lipinski definition) is 8. The zero-order valence-corrected chi connectivity index (χ0v) is 41.1. The number of aromatic nitrogens is 6. The van der Waals surface area contributed by atoms with Crippen LogP contribution in [-0.4, -0.2) is 59.3 Å². The summed E-state index contributed by atoms with van der Waals surface area (Å²) >= 11 is 0. The molecule has 6 heterocycles. The number of anilines is 4. The van der Waals surface area contributed by atoms with Crippen LogP contribution in [0.3, 0.4) is 0 Å². The van der Waals surface area contributed by atoms with Gasteiger partial charge in [0.2, 0.25) is 5.91 Å². The van der Waals surface area contributed by atoms with Crippen molar-refractivity contribution in [2.24, 2.45) is 0 Å². The molecule has 0 spiro atoms. The monoisotopic (exact) mass is 936 g/mol. The highest BCUT2D eigenvalue weighted by molar-refractivity contribution is 6.04. The molecule has 0 aliphatic carbocycles. The zero-order chi connectivity index (χ0) is 48.8. The van der Waals surface area contributed by atoms with Crippen molar-refractivity contribution in [1.29, 1.82) is 0 Å². The molecule has 71 heavy (non-hydrogen) atoms. The second kappa shape index (κ2) is 19.0. The third kappa shape index (κ3) is 8.92. The molecule has 3 N–H and O–H groups in total. The molecule has 11 nitrogen and oxygen atoms in total. The highest BCUT2D eigenvalue weighted by Crippen LogP contribution is 2.38. The molecular weight excluding hydrogens is 877 g/mol. The topological polar surface area (TPSA) is 122 Å². The van der Waals surface area contributed by atoms with Gasteiger partial charge in [-0.3, -0.25) is 4.79 Å². The average Bonchev–Trinajstić information content (AvgIpc) is 4.00. The summed E-state index contributed by atoms with van der Waals surface area (Å²) in [7, 11) is 0. The summed E-state index contributed by atoms with van der Waals surface area (Å²) in [6.45, 7) is 10.8. The number of piperidine rings is 2. The lowest BCUT2D eigenvalue weighted by Crippen LogP contribution is -2.43. The van der Waals surface area contributed by atoms with Crippen molar-refractivity contribution in [3.63, 3.8) is 0 Å². The molecule has 2 saturated heterocycles. The number of nitrogens with two attached hydrogens (primary N) is 1. The van der Waals surface area contributed by atoms with Crippen LogP contribution in [0.2, 0.25) is 0 Å². The molecule has 356 valence electrons. The molecule has 0 radical (unpaired) electrons. The second-order valence-electron chi connectivity index (χ2n) is 19.7. The Morgan fingerprint density at radius 1 is 0.521 bits per heavy atom. The van der Waals surface area contributed by atoms with Gasteiger partial charge in [0.15, 0.2) is 11.3 Å². The normalized spacial score (nSPS) is 18.2. The van der Waals surface area contributed by atoms with E-state index in [-0.39, 0.29) is 5.91 Å². The number of fused-ring (bicyclic) bond motifs is 4. The van der Waals surface area contributed by atoms with E-state index in [2.05, 4.69) is 132 Å². The van der Waals surface area contributed by atoms with Crippen molar-refractivity contribution in [2.75, 3.05) is 20.9 Å². The summed E-state index contributed by atoms with van der Waals surface area (Å²) in [4.78, 5) is 26.5. The zero-order valence-electron chi connectivity index (χ0n) is 41.1. The molecule has 4 atom stereocenters. The van der Waals surface area contributed by atoms with E-state index >= 15 is 0 Å². The van der Waals surface area contributed by atoms with Gasteiger partial charge >= 0.3 is 0 Å². The number of carbonyl (C=O) groups excluding carboxylic acids is 1. The van der Waals surface area contributed by atoms with E-state index in [0.29, 0.717) is 24.2 Å². The van der Waals surface area contributed by atoms with Crippen LogP contribution in [0.25, 0.3) is 77.3 Å². The molecule has 0 unspecified atom stereocenters. The number of nitrogens with zero attached hydrogens (tertiary/aromatic N) is 8. The number of carbonyl (C=O) groups is 1. The van der Waals surface area contributed by atoms with Gasteiger partial charge in [-0.1, -0.05) is 72.8 Å². The highest BCUT2D eigenvalue weighted by atomic mass is 16.1. The van der Waals surface area contributed by atoms with Crippen molar-refractivity contribution in [3.8, 4) is 44.5 Å². The van der Waals surface area contributed by atoms with Crippen LogP contribution in [0.5, 0.6) is 0 Å². The van der Waals surface area contributed by atoms with Crippen LogP contribution in [0.15, 0.2) is 159 Å². The number of nitrogen functional groups attached to an aromatic ring is 1. The second-order valence-corrected chi connectivity index (χ2v) is 19.7. The van der Waals surface area contributed by atoms with Crippen molar-refractivity contribution in [1.82, 2.24) is 29.2 Å². The lowest BCUT2D eigenvalue weighted by Gasteiger charge is -2.41. The maximum Gasteiger partial charge on any atom is 0.221 e. The minimum absolute atomic E-state index is 0.0981. The molecule has 12 rings (SSSR count). The molecule has 2 aliphatic rings. The Hall–Kier alpha value is -8.05. The first-order valence-electron chi connectivity index (χ1n) is 25.1. The molecule has 2 fully saturated rings. The Balaban J connectivity index is 0.000000155. The number of amides is 1. The van der Waals surface area contributed by atoms with Gasteiger partial charge in [-0.2, -0.15) is 10.2 Å². The number of nitrogens with one attached hydrogen (secondary N) is 1. The molecule has 10 aromatic rings. The fourth-order valence-corrected chi connectivity index (χ4v) is 11.3. The predicted octanol–water partition coefficient (Wildman–Crippen LogP) is 13.5. The average molecular weight is 937 g/mol. The maximum atomic E-state index is 11.7. The largest absolute Gasteiger partial charge is 0.399 e. The Labute approximate surface area is 415 Å². The van der Waals surface area contributed by atoms with Crippen molar-refractivity contribution in [2.45, 2.75) is 97.3 Å². The van der Waals surface area contributed by atoms with Gasteiger partial charge in [0, 0.05) is 101 Å². The van der Waals surface area contributed by atoms with Crippen LogP contribution in [0, 0.1) is 0 Å². The minimum Gasteiger partial charge on any atom is -0.399 e. The summed E-state index contributed by atoms with van der Waals surface area (Å²) in [6.07, 6.45) is 19.3. The fraction of sp³-hybridized carbons (Fsp3) is 0.250. The third-order valence-corrected chi connectivity index (χ3v) is 14.7. The minimum atomic E-state index is -0.0981. The van der Waals surface area contributed by atoms with Gasteiger partial charge in [-0.15, -0.1) is 0 Å². The van der Waals surface area contributed by atoms with E-state index in [1.807, 2.05) is 88.5 Å². The molecular formula is C60H60N10O. The van der Waals surface area contributed by atoms with Crippen LogP contribution < -0.4 is 20.9 Å². The summed E-state index contributed by atoms with van der Waals surface area (Å²) < 4.78 is 3.71. The van der Waals surface area contributed by atoms with Crippen LogP contribution in [0.4, 0.5) is 22.7 Å². The van der Waals surface area contributed by atoms with Gasteiger partial charge in [-0.25, -0.2) is 19.0 Å². The van der Waals surface area contributed by atoms with E-state index in [1.54, 1.807) is 0 Å². The maximum absolute atomic E-state index is 11.7. The molecule has 0 bridgehead atoms. The van der Waals surface area contributed by atoms with Gasteiger partial charge in [-0.05, 0) is 159 Å². The number of rotatable bonds is 7. The number of benzene rings is 6. The summed E-state index contributed by atoms with van der Waals surface area (Å²) in [5.74, 6) is -0.0981. The van der Waals surface area contributed by atoms with E-state index in [0.717, 1.165) is 88.7 Å². The lowest BCUT2D eigenvalue weighted by atomic mass is 9.96. The van der Waals surface area contributed by atoms with Crippen LogP contribution in [0.1, 0.15) is 73.1 Å². The fourth-order valence-electron chi connectivity index (χ4n) is 11.3. The summed E-state index contributed by atoms with van der Waals surface area (Å²) in [5, 5.41) is 16.6. The van der Waals surface area contributed by atoms with E-state index in [9.17, 15) is 4.79 Å². The van der Waals surface area contributed by atoms with E-state index < -0.39 is 0 Å². The van der Waals surface area contributed by atoms with E-state index in [4.69, 9.17) is 15.7 Å². The van der Waals surface area contributed by atoms with Gasteiger partial charge < -0.3 is 20.9 Å². The van der Waals surface area contributed by atoms with Crippen molar-refractivity contribution in [3.05, 3.63) is 159 Å². The Morgan fingerprint density at radius 3 is 1.42 bits per heavy atom. The third-order valence-electron chi connectivity index (χ3n) is 14.7. The standard InChI is InChI=1S/C31H31N5O.C29H29N5/c1-20-7-6-8-21(2)36(20)27-13-11-23(12-14-27)25-17-32-31-30(18-33-35(31)19-25)29-16-26(34-22(3)37)15-24-9-4-5-10-28(24)29;1-19-6-5-7-20(2)34(19)25-12-10-21(11-13-25)23-16-31-29-28(17-32-33(29)18-23)27-15-24(30)14-22-8-3-4-9-26(22)27/h4-5,9-21H,6-8H2,1-3H3,(H,34,37);3-4,8-20H,5-7,30H2,1-2H3/t20-,21+;19-,20+. The molecule has 2 aliphatic heterocycles. The Bertz CT molecular complexity index is 3540. The van der Waals surface area contributed by atoms with Crippen LogP contribution >= 0.6 is 0 Å². The quantitative estimate of drug-likeness (QED) is 0.152. The Morgan fingerprint density at radius 2 is 0.958 bits per heavy atom. The molecule has 11 heteroatoms. The van der Waals surface area contributed by atoms with Crippen LogP contribution in [-0.2, 0) is 4.79 Å². The molecule has 1 amide bonds. The molecule has 0 saturated carbocycles. The number of hydrogen-bond donors (Lipinski definition) is 2.